The fraction of sp³-hybridized carbons (Fsp3) is 0.476. The Morgan fingerprint density at radius 1 is 1.27 bits per heavy atom. The van der Waals surface area contributed by atoms with E-state index < -0.39 is 0 Å². The monoisotopic (exact) mass is 370 g/mol. The molecule has 140 valence electrons. The lowest BCUT2D eigenvalue weighted by Gasteiger charge is -2.27. The third kappa shape index (κ3) is 4.86. The van der Waals surface area contributed by atoms with Crippen LogP contribution in [0, 0.1) is 5.92 Å². The normalized spacial score (nSPS) is 19.2. The second-order valence-corrected chi connectivity index (χ2v) is 8.19. The van der Waals surface area contributed by atoms with E-state index in [1.807, 2.05) is 18.4 Å². The van der Waals surface area contributed by atoms with Crippen molar-refractivity contribution in [1.82, 2.24) is 15.1 Å². The number of likely N-dealkylation sites (tertiary alicyclic amines) is 1. The van der Waals surface area contributed by atoms with Crippen molar-refractivity contribution in [2.45, 2.75) is 18.9 Å². The van der Waals surface area contributed by atoms with Crippen LogP contribution in [-0.4, -0.2) is 56.5 Å². The average molecular weight is 371 g/mol. The summed E-state index contributed by atoms with van der Waals surface area (Å²) < 4.78 is 0. The summed E-state index contributed by atoms with van der Waals surface area (Å²) in [6, 6.07) is 15.5. The van der Waals surface area contributed by atoms with Crippen molar-refractivity contribution < 1.29 is 0 Å². The van der Waals surface area contributed by atoms with E-state index in [4.69, 9.17) is 0 Å². The summed E-state index contributed by atoms with van der Waals surface area (Å²) in [6.45, 7) is 3.04. The lowest BCUT2D eigenvalue weighted by molar-refractivity contribution is 0.299. The van der Waals surface area contributed by atoms with Gasteiger partial charge in [-0.05, 0) is 49.9 Å². The molecule has 26 heavy (non-hydrogen) atoms. The maximum atomic E-state index is 4.54. The Morgan fingerprint density at radius 3 is 2.73 bits per heavy atom. The topological polar surface area (TPSA) is 30.9 Å². The number of hydrogen-bond donors (Lipinski definition) is 1. The van der Waals surface area contributed by atoms with Crippen molar-refractivity contribution in [3.63, 3.8) is 0 Å². The number of hydrogen-bond acceptors (Lipinski definition) is 3. The van der Waals surface area contributed by atoms with Crippen LogP contribution < -0.4 is 5.32 Å². The van der Waals surface area contributed by atoms with E-state index >= 15 is 0 Å². The van der Waals surface area contributed by atoms with Crippen molar-refractivity contribution in [3.8, 4) is 0 Å². The van der Waals surface area contributed by atoms with Crippen LogP contribution in [0.15, 0.2) is 52.8 Å². The van der Waals surface area contributed by atoms with Crippen LogP contribution in [-0.2, 0) is 6.42 Å². The SMILES string of the molecule is CN=C(NCC(c1cccs1)N(C)C)N1CCC(Cc2ccccc2)C1. The number of likely N-dealkylation sites (N-methyl/N-ethyl adjacent to an activating group) is 1. The lowest BCUT2D eigenvalue weighted by Crippen LogP contribution is -2.43. The molecule has 0 aliphatic carbocycles. The molecule has 0 amide bonds. The van der Waals surface area contributed by atoms with Gasteiger partial charge in [0.25, 0.3) is 0 Å². The number of nitrogens with zero attached hydrogens (tertiary/aromatic N) is 3. The van der Waals surface area contributed by atoms with E-state index in [-0.39, 0.29) is 0 Å². The van der Waals surface area contributed by atoms with E-state index in [0.29, 0.717) is 12.0 Å². The summed E-state index contributed by atoms with van der Waals surface area (Å²) in [6.07, 6.45) is 2.39. The number of nitrogens with one attached hydrogen (secondary N) is 1. The molecule has 0 saturated carbocycles. The van der Waals surface area contributed by atoms with Gasteiger partial charge in [0.05, 0.1) is 6.04 Å². The molecule has 1 aromatic carbocycles. The molecule has 4 nitrogen and oxygen atoms in total. The van der Waals surface area contributed by atoms with Crippen LogP contribution in [0.2, 0.25) is 0 Å². The van der Waals surface area contributed by atoms with Gasteiger partial charge in [-0.15, -0.1) is 11.3 Å². The van der Waals surface area contributed by atoms with Gasteiger partial charge in [-0.1, -0.05) is 36.4 Å². The summed E-state index contributed by atoms with van der Waals surface area (Å²) in [4.78, 5) is 10.6. The molecule has 0 bridgehead atoms. The summed E-state index contributed by atoms with van der Waals surface area (Å²) in [5.41, 5.74) is 1.44. The molecule has 0 spiro atoms. The minimum atomic E-state index is 0.370. The molecule has 3 rings (SSSR count). The zero-order valence-electron chi connectivity index (χ0n) is 16.1. The van der Waals surface area contributed by atoms with E-state index in [1.165, 1.54) is 16.9 Å². The lowest BCUT2D eigenvalue weighted by atomic mass is 9.99. The molecule has 1 saturated heterocycles. The van der Waals surface area contributed by atoms with E-state index in [1.54, 1.807) is 0 Å². The highest BCUT2D eigenvalue weighted by atomic mass is 32.1. The molecule has 2 unspecified atom stereocenters. The minimum Gasteiger partial charge on any atom is -0.354 e. The zero-order valence-corrected chi connectivity index (χ0v) is 16.9. The number of aliphatic imine (C=N–C) groups is 1. The van der Waals surface area contributed by atoms with Crippen molar-refractivity contribution >= 4 is 17.3 Å². The number of rotatable bonds is 6. The van der Waals surface area contributed by atoms with Crippen LogP contribution in [0.4, 0.5) is 0 Å². The molecule has 5 heteroatoms. The van der Waals surface area contributed by atoms with Gasteiger partial charge in [0, 0.05) is 31.6 Å². The van der Waals surface area contributed by atoms with Crippen molar-refractivity contribution in [2.24, 2.45) is 10.9 Å². The standard InChI is InChI=1S/C21H30N4S/c1-22-21(23-15-19(24(2)3)20-10-7-13-26-20)25-12-11-18(16-25)14-17-8-5-4-6-9-17/h4-10,13,18-19H,11-12,14-16H2,1-3H3,(H,22,23). The first-order chi connectivity index (χ1) is 12.7. The maximum absolute atomic E-state index is 4.54. The highest BCUT2D eigenvalue weighted by Crippen LogP contribution is 2.23. The third-order valence-electron chi connectivity index (χ3n) is 5.11. The summed E-state index contributed by atoms with van der Waals surface area (Å²) >= 11 is 1.82. The quantitative estimate of drug-likeness (QED) is 0.624. The largest absolute Gasteiger partial charge is 0.354 e. The second kappa shape index (κ2) is 9.19. The molecule has 1 aliphatic heterocycles. The van der Waals surface area contributed by atoms with E-state index in [9.17, 15) is 0 Å². The predicted octanol–water partition coefficient (Wildman–Crippen LogP) is 3.49. The average Bonchev–Trinajstić information content (AvgIpc) is 3.32. The van der Waals surface area contributed by atoms with Crippen LogP contribution in [0.25, 0.3) is 0 Å². The maximum Gasteiger partial charge on any atom is 0.193 e. The smallest absolute Gasteiger partial charge is 0.193 e. The van der Waals surface area contributed by atoms with Gasteiger partial charge < -0.3 is 15.1 Å². The van der Waals surface area contributed by atoms with Crippen molar-refractivity contribution in [3.05, 3.63) is 58.3 Å². The summed E-state index contributed by atoms with van der Waals surface area (Å²) in [5, 5.41) is 5.75. The van der Waals surface area contributed by atoms with Gasteiger partial charge in [-0.3, -0.25) is 4.99 Å². The number of benzene rings is 1. The Labute approximate surface area is 161 Å². The Balaban J connectivity index is 1.54. The predicted molar refractivity (Wildman–Crippen MR) is 112 cm³/mol. The molecule has 1 fully saturated rings. The highest BCUT2D eigenvalue weighted by Gasteiger charge is 2.25. The first-order valence-electron chi connectivity index (χ1n) is 9.36. The van der Waals surface area contributed by atoms with Crippen LogP contribution in [0.3, 0.4) is 0 Å². The molecule has 2 atom stereocenters. The first kappa shape index (κ1) is 18.9. The molecule has 0 radical (unpaired) electrons. The zero-order chi connectivity index (χ0) is 18.4. The Morgan fingerprint density at radius 2 is 2.08 bits per heavy atom. The van der Waals surface area contributed by atoms with E-state index in [0.717, 1.165) is 32.0 Å². The Hall–Kier alpha value is -1.85. The Bertz CT molecular complexity index is 681. The molecule has 1 N–H and O–H groups in total. The molecule has 2 heterocycles. The van der Waals surface area contributed by atoms with Gasteiger partial charge in [-0.25, -0.2) is 0 Å². The first-order valence-corrected chi connectivity index (χ1v) is 10.2. The van der Waals surface area contributed by atoms with Crippen LogP contribution in [0.5, 0.6) is 0 Å². The molecular weight excluding hydrogens is 340 g/mol. The number of guanidine groups is 1. The van der Waals surface area contributed by atoms with Gasteiger partial charge in [0.2, 0.25) is 0 Å². The fourth-order valence-corrected chi connectivity index (χ4v) is 4.60. The molecule has 2 aromatic rings. The fourth-order valence-electron chi connectivity index (χ4n) is 3.68. The van der Waals surface area contributed by atoms with E-state index in [2.05, 4.69) is 82.0 Å². The van der Waals surface area contributed by atoms with Crippen molar-refractivity contribution in [2.75, 3.05) is 40.8 Å². The van der Waals surface area contributed by atoms with Gasteiger partial charge >= 0.3 is 0 Å². The van der Waals surface area contributed by atoms with Crippen LogP contribution in [0.1, 0.15) is 22.9 Å². The third-order valence-corrected chi connectivity index (χ3v) is 6.09. The molecule has 1 aromatic heterocycles. The summed E-state index contributed by atoms with van der Waals surface area (Å²) in [7, 11) is 6.17. The van der Waals surface area contributed by atoms with Gasteiger partial charge in [0.1, 0.15) is 0 Å². The highest BCUT2D eigenvalue weighted by molar-refractivity contribution is 7.10. The van der Waals surface area contributed by atoms with Crippen molar-refractivity contribution in [1.29, 1.82) is 0 Å². The molecular formula is C21H30N4S. The van der Waals surface area contributed by atoms with Gasteiger partial charge in [0.15, 0.2) is 5.96 Å². The second-order valence-electron chi connectivity index (χ2n) is 7.21. The minimum absolute atomic E-state index is 0.370. The number of thiophene rings is 1. The molecule has 1 aliphatic rings. The Kier molecular flexibility index (Phi) is 6.69. The van der Waals surface area contributed by atoms with Gasteiger partial charge in [-0.2, -0.15) is 0 Å². The summed E-state index contributed by atoms with van der Waals surface area (Å²) in [5.74, 6) is 1.74. The van der Waals surface area contributed by atoms with Crippen LogP contribution >= 0.6 is 11.3 Å².